The van der Waals surface area contributed by atoms with E-state index in [1.165, 1.54) is 5.56 Å². The van der Waals surface area contributed by atoms with E-state index in [0.29, 0.717) is 22.2 Å². The molecule has 0 aliphatic heterocycles. The number of hydrogen-bond donors (Lipinski definition) is 2. The predicted octanol–water partition coefficient (Wildman–Crippen LogP) is 5.44. The highest BCUT2D eigenvalue weighted by Gasteiger charge is 2.29. The molecule has 3 rings (SSSR count). The third-order valence-electron chi connectivity index (χ3n) is 5.80. The van der Waals surface area contributed by atoms with Crippen molar-refractivity contribution in [3.05, 3.63) is 69.5 Å². The lowest BCUT2D eigenvalue weighted by Gasteiger charge is -2.32. The first-order chi connectivity index (χ1) is 14.4. The van der Waals surface area contributed by atoms with Crippen molar-refractivity contribution in [3.63, 3.8) is 0 Å². The summed E-state index contributed by atoms with van der Waals surface area (Å²) < 4.78 is 2.16. The van der Waals surface area contributed by atoms with E-state index in [1.54, 1.807) is 4.57 Å². The molecule has 3 aromatic rings. The van der Waals surface area contributed by atoms with Crippen LogP contribution in [0.2, 0.25) is 5.02 Å². The molecule has 0 saturated carbocycles. The van der Waals surface area contributed by atoms with Gasteiger partial charge in [-0.15, -0.1) is 0 Å². The standard InChI is InChI=1S/C23H27ClN4OS/c1-4-23(5-2,18-10-12-19(24)13-11-18)15-25-20(29)14-28-21(26-27-22(28)30)17-8-6-16(3)7-9-17/h6-13H,4-5,14-15H2,1-3H3,(H,25,29)(H,27,30). The van der Waals surface area contributed by atoms with Crippen molar-refractivity contribution in [1.29, 1.82) is 0 Å². The Labute approximate surface area is 187 Å². The number of aromatic amines is 1. The quantitative estimate of drug-likeness (QED) is 0.456. The molecular weight excluding hydrogens is 416 g/mol. The molecule has 0 fully saturated rings. The zero-order valence-electron chi connectivity index (χ0n) is 17.5. The van der Waals surface area contributed by atoms with Crippen LogP contribution < -0.4 is 5.32 Å². The van der Waals surface area contributed by atoms with Crippen molar-refractivity contribution < 1.29 is 4.79 Å². The fraction of sp³-hybridized carbons (Fsp3) is 0.348. The number of rotatable bonds is 8. The van der Waals surface area contributed by atoms with E-state index in [-0.39, 0.29) is 17.9 Å². The SMILES string of the molecule is CCC(CC)(CNC(=O)Cn1c(-c2ccc(C)cc2)n[nH]c1=S)c1ccc(Cl)cc1. The second-order valence-electron chi connectivity index (χ2n) is 7.58. The molecular formula is C23H27ClN4OS. The van der Waals surface area contributed by atoms with Gasteiger partial charge in [-0.25, -0.2) is 0 Å². The molecule has 5 nitrogen and oxygen atoms in total. The summed E-state index contributed by atoms with van der Waals surface area (Å²) in [5, 5.41) is 10.9. The summed E-state index contributed by atoms with van der Waals surface area (Å²) in [5.41, 5.74) is 3.11. The van der Waals surface area contributed by atoms with Gasteiger partial charge in [0.05, 0.1) is 0 Å². The van der Waals surface area contributed by atoms with Crippen LogP contribution in [0.4, 0.5) is 0 Å². The van der Waals surface area contributed by atoms with Crippen LogP contribution in [0.3, 0.4) is 0 Å². The number of amides is 1. The molecule has 1 heterocycles. The third kappa shape index (κ3) is 4.82. The fourth-order valence-electron chi connectivity index (χ4n) is 3.67. The van der Waals surface area contributed by atoms with Gasteiger partial charge in [0, 0.05) is 22.5 Å². The monoisotopic (exact) mass is 442 g/mol. The van der Waals surface area contributed by atoms with Gasteiger partial charge in [-0.05, 0) is 49.7 Å². The van der Waals surface area contributed by atoms with Gasteiger partial charge in [0.15, 0.2) is 10.6 Å². The molecule has 1 amide bonds. The molecule has 7 heteroatoms. The van der Waals surface area contributed by atoms with Crippen LogP contribution in [0.5, 0.6) is 0 Å². The lowest BCUT2D eigenvalue weighted by Crippen LogP contribution is -2.41. The van der Waals surface area contributed by atoms with Crippen LogP contribution in [0.25, 0.3) is 11.4 Å². The lowest BCUT2D eigenvalue weighted by molar-refractivity contribution is -0.122. The molecule has 0 spiro atoms. The van der Waals surface area contributed by atoms with E-state index < -0.39 is 0 Å². The van der Waals surface area contributed by atoms with Gasteiger partial charge in [0.25, 0.3) is 0 Å². The number of carbonyl (C=O) groups is 1. The number of benzene rings is 2. The van der Waals surface area contributed by atoms with E-state index >= 15 is 0 Å². The minimum atomic E-state index is -0.141. The molecule has 0 bridgehead atoms. The van der Waals surface area contributed by atoms with Crippen LogP contribution in [0, 0.1) is 11.7 Å². The van der Waals surface area contributed by atoms with Gasteiger partial charge in [-0.1, -0.05) is 67.4 Å². The van der Waals surface area contributed by atoms with Crippen LogP contribution in [-0.4, -0.2) is 27.2 Å². The van der Waals surface area contributed by atoms with Gasteiger partial charge in [-0.3, -0.25) is 14.5 Å². The normalized spacial score (nSPS) is 11.5. The average Bonchev–Trinajstić information content (AvgIpc) is 3.11. The van der Waals surface area contributed by atoms with Crippen molar-refractivity contribution in [2.45, 2.75) is 45.6 Å². The first kappa shape index (κ1) is 22.2. The van der Waals surface area contributed by atoms with Crippen LogP contribution in [-0.2, 0) is 16.8 Å². The van der Waals surface area contributed by atoms with Gasteiger partial charge >= 0.3 is 0 Å². The maximum atomic E-state index is 12.8. The minimum Gasteiger partial charge on any atom is -0.354 e. The lowest BCUT2D eigenvalue weighted by atomic mass is 9.76. The topological polar surface area (TPSA) is 62.7 Å². The molecule has 1 aromatic heterocycles. The summed E-state index contributed by atoms with van der Waals surface area (Å²) >= 11 is 11.4. The maximum absolute atomic E-state index is 12.8. The summed E-state index contributed by atoms with van der Waals surface area (Å²) in [6, 6.07) is 15.9. The van der Waals surface area contributed by atoms with E-state index in [4.69, 9.17) is 23.8 Å². The Balaban J connectivity index is 1.75. The number of aryl methyl sites for hydroxylation is 1. The number of nitrogens with one attached hydrogen (secondary N) is 2. The molecule has 2 aromatic carbocycles. The Morgan fingerprint density at radius 3 is 2.37 bits per heavy atom. The van der Waals surface area contributed by atoms with E-state index in [9.17, 15) is 4.79 Å². The molecule has 30 heavy (non-hydrogen) atoms. The highest BCUT2D eigenvalue weighted by Crippen LogP contribution is 2.32. The molecule has 158 valence electrons. The van der Waals surface area contributed by atoms with Crippen LogP contribution in [0.1, 0.15) is 37.8 Å². The Morgan fingerprint density at radius 2 is 1.77 bits per heavy atom. The van der Waals surface area contributed by atoms with Crippen molar-refractivity contribution >= 4 is 29.7 Å². The highest BCUT2D eigenvalue weighted by atomic mass is 35.5. The highest BCUT2D eigenvalue weighted by molar-refractivity contribution is 7.71. The Bertz CT molecular complexity index is 1050. The van der Waals surface area contributed by atoms with Gasteiger partial charge in [0.1, 0.15) is 6.54 Å². The molecule has 0 aliphatic carbocycles. The van der Waals surface area contributed by atoms with Crippen molar-refractivity contribution in [2.75, 3.05) is 6.54 Å². The van der Waals surface area contributed by atoms with Crippen LogP contribution >= 0.6 is 23.8 Å². The third-order valence-corrected chi connectivity index (χ3v) is 6.37. The second-order valence-corrected chi connectivity index (χ2v) is 8.40. The number of halogens is 1. The van der Waals surface area contributed by atoms with Crippen molar-refractivity contribution in [3.8, 4) is 11.4 Å². The van der Waals surface area contributed by atoms with Gasteiger partial charge in [-0.2, -0.15) is 5.10 Å². The van der Waals surface area contributed by atoms with Crippen LogP contribution in [0.15, 0.2) is 48.5 Å². The number of H-pyrrole nitrogens is 1. The number of nitrogens with zero attached hydrogens (tertiary/aromatic N) is 2. The summed E-state index contributed by atoms with van der Waals surface area (Å²) in [6.45, 7) is 6.98. The number of carbonyl (C=O) groups excluding carboxylic acids is 1. The van der Waals surface area contributed by atoms with E-state index in [0.717, 1.165) is 24.0 Å². The first-order valence-electron chi connectivity index (χ1n) is 10.1. The largest absolute Gasteiger partial charge is 0.354 e. The number of hydrogen-bond acceptors (Lipinski definition) is 3. The Morgan fingerprint density at radius 1 is 1.13 bits per heavy atom. The summed E-state index contributed by atoms with van der Waals surface area (Å²) in [4.78, 5) is 12.8. The van der Waals surface area contributed by atoms with E-state index in [1.807, 2.05) is 55.5 Å². The minimum absolute atomic E-state index is 0.0962. The molecule has 0 radical (unpaired) electrons. The summed E-state index contributed by atoms with van der Waals surface area (Å²) in [7, 11) is 0. The molecule has 0 saturated heterocycles. The van der Waals surface area contributed by atoms with Crippen molar-refractivity contribution in [2.24, 2.45) is 0 Å². The second kappa shape index (κ2) is 9.58. The Kier molecular flexibility index (Phi) is 7.10. The molecule has 0 atom stereocenters. The zero-order chi connectivity index (χ0) is 21.7. The summed E-state index contributed by atoms with van der Waals surface area (Å²) in [6.07, 6.45) is 1.82. The zero-order valence-corrected chi connectivity index (χ0v) is 19.1. The molecule has 2 N–H and O–H groups in total. The molecule has 0 unspecified atom stereocenters. The number of aromatic nitrogens is 3. The van der Waals surface area contributed by atoms with Gasteiger partial charge < -0.3 is 5.32 Å². The van der Waals surface area contributed by atoms with E-state index in [2.05, 4.69) is 29.4 Å². The first-order valence-corrected chi connectivity index (χ1v) is 10.9. The predicted molar refractivity (Wildman–Crippen MR) is 124 cm³/mol. The fourth-order valence-corrected chi connectivity index (χ4v) is 3.99. The molecule has 0 aliphatic rings. The maximum Gasteiger partial charge on any atom is 0.240 e. The summed E-state index contributed by atoms with van der Waals surface area (Å²) in [5.74, 6) is 0.561. The Hall–Kier alpha value is -2.44. The smallest absolute Gasteiger partial charge is 0.240 e. The van der Waals surface area contributed by atoms with Gasteiger partial charge in [0.2, 0.25) is 5.91 Å². The van der Waals surface area contributed by atoms with Crippen molar-refractivity contribution in [1.82, 2.24) is 20.1 Å². The average molecular weight is 443 g/mol.